The summed E-state index contributed by atoms with van der Waals surface area (Å²) in [6.45, 7) is 0.812. The Morgan fingerprint density at radius 3 is 3.00 bits per heavy atom. The predicted octanol–water partition coefficient (Wildman–Crippen LogP) is 2.80. The molecule has 0 fully saturated rings. The molecule has 0 aliphatic heterocycles. The van der Waals surface area contributed by atoms with Crippen LogP contribution in [0.5, 0.6) is 0 Å². The Morgan fingerprint density at radius 1 is 1.36 bits per heavy atom. The number of hydrogen-bond acceptors (Lipinski definition) is 2. The summed E-state index contributed by atoms with van der Waals surface area (Å²) in [6.07, 6.45) is 0.744. The minimum absolute atomic E-state index is 0.0565. The molecular formula is C11H12FNS. The number of nitrogens with one attached hydrogen (secondary N) is 1. The monoisotopic (exact) mass is 209 g/mol. The maximum Gasteiger partial charge on any atom is 0.135 e. The van der Waals surface area contributed by atoms with Gasteiger partial charge in [-0.3, -0.25) is 0 Å². The van der Waals surface area contributed by atoms with Gasteiger partial charge < -0.3 is 5.32 Å². The van der Waals surface area contributed by atoms with Crippen molar-refractivity contribution in [2.45, 2.75) is 6.42 Å². The van der Waals surface area contributed by atoms with Crippen LogP contribution in [-0.2, 0) is 6.42 Å². The molecule has 0 atom stereocenters. The lowest BCUT2D eigenvalue weighted by Gasteiger charge is -2.03. The van der Waals surface area contributed by atoms with Crippen LogP contribution in [0.1, 0.15) is 5.56 Å². The van der Waals surface area contributed by atoms with Crippen LogP contribution in [0.25, 0.3) is 10.1 Å². The van der Waals surface area contributed by atoms with Crippen molar-refractivity contribution in [1.82, 2.24) is 5.32 Å². The van der Waals surface area contributed by atoms with E-state index in [-0.39, 0.29) is 5.82 Å². The summed E-state index contributed by atoms with van der Waals surface area (Å²) in [5, 5.41) is 5.70. The molecular weight excluding hydrogens is 197 g/mol. The van der Waals surface area contributed by atoms with E-state index in [0.717, 1.165) is 28.6 Å². The van der Waals surface area contributed by atoms with Gasteiger partial charge in [0, 0.05) is 10.1 Å². The third kappa shape index (κ3) is 1.65. The maximum absolute atomic E-state index is 13.8. The van der Waals surface area contributed by atoms with Crippen LogP contribution in [0.15, 0.2) is 23.6 Å². The smallest absolute Gasteiger partial charge is 0.135 e. The average Bonchev–Trinajstić information content (AvgIpc) is 2.66. The largest absolute Gasteiger partial charge is 0.319 e. The molecule has 1 nitrogen and oxygen atoms in total. The summed E-state index contributed by atoms with van der Waals surface area (Å²) in [6, 6.07) is 5.72. The van der Waals surface area contributed by atoms with E-state index in [1.54, 1.807) is 11.3 Å². The minimum atomic E-state index is -0.0565. The van der Waals surface area contributed by atoms with Crippen LogP contribution < -0.4 is 5.32 Å². The minimum Gasteiger partial charge on any atom is -0.319 e. The van der Waals surface area contributed by atoms with Crippen LogP contribution in [0.3, 0.4) is 0 Å². The number of fused-ring (bicyclic) bond motifs is 1. The van der Waals surface area contributed by atoms with E-state index in [0.29, 0.717) is 0 Å². The van der Waals surface area contributed by atoms with Gasteiger partial charge in [-0.15, -0.1) is 11.3 Å². The van der Waals surface area contributed by atoms with Crippen molar-refractivity contribution in [3.05, 3.63) is 35.0 Å². The van der Waals surface area contributed by atoms with Crippen molar-refractivity contribution in [2.24, 2.45) is 0 Å². The number of benzene rings is 1. The van der Waals surface area contributed by atoms with Gasteiger partial charge >= 0.3 is 0 Å². The molecule has 0 saturated heterocycles. The normalized spacial score (nSPS) is 11.0. The number of likely N-dealkylation sites (N-methyl/N-ethyl adjacent to an activating group) is 1. The zero-order valence-electron chi connectivity index (χ0n) is 8.01. The zero-order chi connectivity index (χ0) is 9.97. The molecule has 14 heavy (non-hydrogen) atoms. The number of halogens is 1. The van der Waals surface area contributed by atoms with Crippen LogP contribution in [0.2, 0.25) is 0 Å². The first-order chi connectivity index (χ1) is 6.83. The van der Waals surface area contributed by atoms with E-state index >= 15 is 0 Å². The van der Waals surface area contributed by atoms with Crippen LogP contribution in [0, 0.1) is 5.82 Å². The lowest BCUT2D eigenvalue weighted by molar-refractivity contribution is 0.617. The zero-order valence-corrected chi connectivity index (χ0v) is 8.83. The van der Waals surface area contributed by atoms with Crippen LogP contribution in [-0.4, -0.2) is 13.6 Å². The van der Waals surface area contributed by atoms with Gasteiger partial charge in [0.2, 0.25) is 0 Å². The fourth-order valence-electron chi connectivity index (χ4n) is 1.51. The van der Waals surface area contributed by atoms with E-state index < -0.39 is 0 Å². The van der Waals surface area contributed by atoms with E-state index in [1.807, 2.05) is 30.6 Å². The SMILES string of the molecule is CNCCc1ccc2sccc2c1F. The molecule has 0 bridgehead atoms. The summed E-state index contributed by atoms with van der Waals surface area (Å²) < 4.78 is 14.8. The Hall–Kier alpha value is -0.930. The molecule has 2 rings (SSSR count). The van der Waals surface area contributed by atoms with Gasteiger partial charge in [0.15, 0.2) is 0 Å². The highest BCUT2D eigenvalue weighted by molar-refractivity contribution is 7.17. The highest BCUT2D eigenvalue weighted by Crippen LogP contribution is 2.25. The summed E-state index contributed by atoms with van der Waals surface area (Å²) in [4.78, 5) is 0. The van der Waals surface area contributed by atoms with Crippen molar-refractivity contribution in [1.29, 1.82) is 0 Å². The molecule has 0 radical (unpaired) electrons. The lowest BCUT2D eigenvalue weighted by Crippen LogP contribution is -2.11. The summed E-state index contributed by atoms with van der Waals surface area (Å²) in [5.74, 6) is -0.0565. The molecule has 0 amide bonds. The molecule has 74 valence electrons. The molecule has 3 heteroatoms. The van der Waals surface area contributed by atoms with Crippen molar-refractivity contribution in [3.8, 4) is 0 Å². The van der Waals surface area contributed by atoms with Crippen molar-refractivity contribution >= 4 is 21.4 Å². The number of hydrogen-bond donors (Lipinski definition) is 1. The molecule has 1 N–H and O–H groups in total. The second-order valence-electron chi connectivity index (χ2n) is 3.22. The topological polar surface area (TPSA) is 12.0 Å². The average molecular weight is 209 g/mol. The van der Waals surface area contributed by atoms with Gasteiger partial charge in [0.25, 0.3) is 0 Å². The fraction of sp³-hybridized carbons (Fsp3) is 0.273. The standard InChI is InChI=1S/C11H12FNS/c1-13-6-4-8-2-3-10-9(11(8)12)5-7-14-10/h2-3,5,7,13H,4,6H2,1H3. The Morgan fingerprint density at radius 2 is 2.21 bits per heavy atom. The number of thiophene rings is 1. The second-order valence-corrected chi connectivity index (χ2v) is 4.17. The Kier molecular flexibility index (Phi) is 2.79. The second kappa shape index (κ2) is 4.07. The van der Waals surface area contributed by atoms with Gasteiger partial charge in [-0.2, -0.15) is 0 Å². The molecule has 1 aromatic heterocycles. The summed E-state index contributed by atoms with van der Waals surface area (Å²) >= 11 is 1.58. The molecule has 0 spiro atoms. The summed E-state index contributed by atoms with van der Waals surface area (Å²) in [5.41, 5.74) is 0.797. The Balaban J connectivity index is 2.40. The maximum atomic E-state index is 13.8. The molecule has 1 heterocycles. The third-order valence-electron chi connectivity index (χ3n) is 2.29. The van der Waals surface area contributed by atoms with Gasteiger partial charge in [-0.05, 0) is 43.1 Å². The Labute approximate surface area is 86.6 Å². The Bertz CT molecular complexity index is 436. The summed E-state index contributed by atoms with van der Waals surface area (Å²) in [7, 11) is 1.88. The predicted molar refractivity (Wildman–Crippen MR) is 59.4 cm³/mol. The lowest BCUT2D eigenvalue weighted by atomic mass is 10.1. The van der Waals surface area contributed by atoms with Gasteiger partial charge in [0.1, 0.15) is 5.82 Å². The quantitative estimate of drug-likeness (QED) is 0.819. The molecule has 0 unspecified atom stereocenters. The molecule has 0 aliphatic carbocycles. The fourth-order valence-corrected chi connectivity index (χ4v) is 2.29. The highest BCUT2D eigenvalue weighted by atomic mass is 32.1. The van der Waals surface area contributed by atoms with Gasteiger partial charge in [-0.25, -0.2) is 4.39 Å². The van der Waals surface area contributed by atoms with E-state index in [4.69, 9.17) is 0 Å². The van der Waals surface area contributed by atoms with E-state index in [2.05, 4.69) is 5.32 Å². The molecule has 0 saturated carbocycles. The van der Waals surface area contributed by atoms with E-state index in [1.165, 1.54) is 0 Å². The van der Waals surface area contributed by atoms with Gasteiger partial charge in [0.05, 0.1) is 0 Å². The van der Waals surface area contributed by atoms with Crippen molar-refractivity contribution in [2.75, 3.05) is 13.6 Å². The molecule has 1 aromatic carbocycles. The third-order valence-corrected chi connectivity index (χ3v) is 3.18. The molecule has 2 aromatic rings. The van der Waals surface area contributed by atoms with Crippen molar-refractivity contribution < 1.29 is 4.39 Å². The highest BCUT2D eigenvalue weighted by Gasteiger charge is 2.06. The van der Waals surface area contributed by atoms with Gasteiger partial charge in [-0.1, -0.05) is 6.07 Å². The number of rotatable bonds is 3. The first-order valence-electron chi connectivity index (χ1n) is 4.62. The molecule has 0 aliphatic rings. The van der Waals surface area contributed by atoms with E-state index in [9.17, 15) is 4.39 Å². The van der Waals surface area contributed by atoms with Crippen LogP contribution >= 0.6 is 11.3 Å². The van der Waals surface area contributed by atoms with Crippen LogP contribution in [0.4, 0.5) is 4.39 Å². The first kappa shape index (κ1) is 9.62. The van der Waals surface area contributed by atoms with Crippen molar-refractivity contribution in [3.63, 3.8) is 0 Å². The first-order valence-corrected chi connectivity index (χ1v) is 5.50.